The minimum absolute atomic E-state index is 0.196. The molecule has 2 aliphatic carbocycles. The molecule has 5 heteroatoms. The molecule has 3 aliphatic rings. The van der Waals surface area contributed by atoms with Gasteiger partial charge < -0.3 is 14.9 Å². The average Bonchev–Trinajstić information content (AvgIpc) is 2.83. The Balaban J connectivity index is 1.47. The van der Waals surface area contributed by atoms with Gasteiger partial charge in [0.05, 0.1) is 12.7 Å². The monoisotopic (exact) mass is 326 g/mol. The highest BCUT2D eigenvalue weighted by Gasteiger charge is 2.62. The van der Waals surface area contributed by atoms with E-state index in [1.807, 2.05) is 0 Å². The Bertz CT molecular complexity index is 409. The molecular formula is C18H34N2O3. The second-order valence-corrected chi connectivity index (χ2v) is 8.56. The lowest BCUT2D eigenvalue weighted by Crippen LogP contribution is -2.50. The molecule has 0 amide bonds. The molecule has 2 bridgehead atoms. The van der Waals surface area contributed by atoms with Gasteiger partial charge in [0.2, 0.25) is 0 Å². The molecule has 0 unspecified atom stereocenters. The van der Waals surface area contributed by atoms with E-state index in [0.29, 0.717) is 12.0 Å². The van der Waals surface area contributed by atoms with Crippen molar-refractivity contribution in [2.45, 2.75) is 52.4 Å². The first kappa shape index (κ1) is 17.6. The zero-order valence-corrected chi connectivity index (χ0v) is 15.0. The number of aliphatic hydroxyl groups is 2. The number of hydrogen-bond acceptors (Lipinski definition) is 5. The first-order chi connectivity index (χ1) is 10.9. The molecule has 0 spiro atoms. The number of nitrogens with zero attached hydrogens (tertiary/aromatic N) is 2. The maximum Gasteiger partial charge on any atom is 0.167 e. The quantitative estimate of drug-likeness (QED) is 0.717. The molecule has 1 heterocycles. The molecule has 2 saturated carbocycles. The molecule has 4 atom stereocenters. The number of β-amino-alcohol motifs (C(OH)–C–C–N with tert-alkyl or cyclic N) is 2. The predicted octanol–water partition coefficient (Wildman–Crippen LogP) is 1.15. The summed E-state index contributed by atoms with van der Waals surface area (Å²) in [6, 6.07) is 0. The second-order valence-electron chi connectivity index (χ2n) is 8.56. The molecule has 5 nitrogen and oxygen atoms in total. The van der Waals surface area contributed by atoms with E-state index < -0.39 is 6.29 Å². The van der Waals surface area contributed by atoms with Crippen LogP contribution in [0.15, 0.2) is 0 Å². The van der Waals surface area contributed by atoms with Gasteiger partial charge in [-0.15, -0.1) is 0 Å². The van der Waals surface area contributed by atoms with Crippen molar-refractivity contribution in [2.24, 2.45) is 16.7 Å². The number of piperazine rings is 1. The van der Waals surface area contributed by atoms with Crippen molar-refractivity contribution < 1.29 is 14.9 Å². The lowest BCUT2D eigenvalue weighted by Gasteiger charge is -2.40. The van der Waals surface area contributed by atoms with Gasteiger partial charge >= 0.3 is 0 Å². The van der Waals surface area contributed by atoms with Crippen LogP contribution in [0.1, 0.15) is 40.0 Å². The van der Waals surface area contributed by atoms with Crippen LogP contribution in [-0.2, 0) is 4.74 Å². The normalized spacial score (nSPS) is 39.0. The van der Waals surface area contributed by atoms with Crippen LogP contribution in [-0.4, -0.2) is 78.3 Å². The summed E-state index contributed by atoms with van der Waals surface area (Å²) in [7, 11) is 0. The van der Waals surface area contributed by atoms with Gasteiger partial charge in [-0.05, 0) is 36.0 Å². The van der Waals surface area contributed by atoms with Crippen LogP contribution in [0.5, 0.6) is 0 Å². The van der Waals surface area contributed by atoms with Crippen LogP contribution in [0.3, 0.4) is 0 Å². The predicted molar refractivity (Wildman–Crippen MR) is 90.1 cm³/mol. The van der Waals surface area contributed by atoms with E-state index in [1.54, 1.807) is 0 Å². The smallest absolute Gasteiger partial charge is 0.167 e. The molecule has 0 radical (unpaired) electrons. The fourth-order valence-electron chi connectivity index (χ4n) is 5.13. The van der Waals surface area contributed by atoms with E-state index in [1.165, 1.54) is 12.8 Å². The molecule has 1 aliphatic heterocycles. The van der Waals surface area contributed by atoms with Gasteiger partial charge in [0.15, 0.2) is 6.29 Å². The maximum atomic E-state index is 10.4. The van der Waals surface area contributed by atoms with E-state index in [9.17, 15) is 5.11 Å². The number of fused-ring (bicyclic) bond motifs is 2. The molecule has 1 saturated heterocycles. The summed E-state index contributed by atoms with van der Waals surface area (Å²) >= 11 is 0. The van der Waals surface area contributed by atoms with Crippen molar-refractivity contribution in [3.8, 4) is 0 Å². The standard InChI is InChI=1S/C18H34N2O3/c1-17(2)14-4-5-18(17,3)15(12-14)23-16(22)13-20-8-6-19(7-9-20)10-11-21/h14-16,21-22H,4-13H2,1-3H3/t14-,15+,16-,18-/m0/s1. The van der Waals surface area contributed by atoms with Crippen molar-refractivity contribution in [3.05, 3.63) is 0 Å². The Hall–Kier alpha value is -0.200. The molecule has 2 N–H and O–H groups in total. The van der Waals surface area contributed by atoms with E-state index >= 15 is 0 Å². The fourth-order valence-corrected chi connectivity index (χ4v) is 5.13. The third kappa shape index (κ3) is 3.19. The van der Waals surface area contributed by atoms with Gasteiger partial charge in [0, 0.05) is 39.3 Å². The van der Waals surface area contributed by atoms with Crippen molar-refractivity contribution >= 4 is 0 Å². The van der Waals surface area contributed by atoms with Gasteiger partial charge in [-0.3, -0.25) is 9.80 Å². The largest absolute Gasteiger partial charge is 0.395 e. The first-order valence-corrected chi connectivity index (χ1v) is 9.26. The van der Waals surface area contributed by atoms with Crippen LogP contribution < -0.4 is 0 Å². The average molecular weight is 326 g/mol. The van der Waals surface area contributed by atoms with E-state index in [4.69, 9.17) is 9.84 Å². The highest BCUT2D eigenvalue weighted by molar-refractivity contribution is 5.11. The summed E-state index contributed by atoms with van der Waals surface area (Å²) in [5, 5.41) is 19.4. The fraction of sp³-hybridized carbons (Fsp3) is 1.00. The molecule has 3 fully saturated rings. The number of hydrogen-bond donors (Lipinski definition) is 2. The SMILES string of the molecule is CC1(C)[C@H]2CC[C@@]1(C)[C@H](O[C@H](O)CN1CCN(CCO)CC1)C2. The summed E-state index contributed by atoms with van der Waals surface area (Å²) in [5.41, 5.74) is 0.534. The zero-order chi connectivity index (χ0) is 16.7. The van der Waals surface area contributed by atoms with E-state index in [0.717, 1.165) is 45.1 Å². The van der Waals surface area contributed by atoms with Crippen molar-refractivity contribution in [2.75, 3.05) is 45.9 Å². The Morgan fingerprint density at radius 3 is 2.30 bits per heavy atom. The third-order valence-corrected chi connectivity index (χ3v) is 7.33. The minimum Gasteiger partial charge on any atom is -0.395 e. The van der Waals surface area contributed by atoms with Gasteiger partial charge in [0.1, 0.15) is 0 Å². The summed E-state index contributed by atoms with van der Waals surface area (Å²) in [6.07, 6.45) is 3.15. The van der Waals surface area contributed by atoms with Gasteiger partial charge in [0.25, 0.3) is 0 Å². The first-order valence-electron chi connectivity index (χ1n) is 9.26. The minimum atomic E-state index is -0.684. The van der Waals surface area contributed by atoms with Crippen molar-refractivity contribution in [1.82, 2.24) is 9.80 Å². The summed E-state index contributed by atoms with van der Waals surface area (Å²) < 4.78 is 6.12. The zero-order valence-electron chi connectivity index (χ0n) is 15.0. The summed E-state index contributed by atoms with van der Waals surface area (Å²) in [5.74, 6) is 0.742. The van der Waals surface area contributed by atoms with E-state index in [2.05, 4.69) is 30.6 Å². The lowest BCUT2D eigenvalue weighted by atomic mass is 9.70. The second kappa shape index (κ2) is 6.60. The Kier molecular flexibility index (Phi) is 5.06. The summed E-state index contributed by atoms with van der Waals surface area (Å²) in [4.78, 5) is 4.54. The Morgan fingerprint density at radius 1 is 1.13 bits per heavy atom. The van der Waals surface area contributed by atoms with Crippen molar-refractivity contribution in [3.63, 3.8) is 0 Å². The third-order valence-electron chi connectivity index (χ3n) is 7.33. The van der Waals surface area contributed by atoms with Crippen LogP contribution in [0.4, 0.5) is 0 Å². The van der Waals surface area contributed by atoms with Gasteiger partial charge in [-0.1, -0.05) is 20.8 Å². The highest BCUT2D eigenvalue weighted by Crippen LogP contribution is 2.66. The maximum absolute atomic E-state index is 10.4. The number of ether oxygens (including phenoxy) is 1. The van der Waals surface area contributed by atoms with E-state index in [-0.39, 0.29) is 18.1 Å². The van der Waals surface area contributed by atoms with Crippen LogP contribution in [0.25, 0.3) is 0 Å². The molecule has 0 aromatic carbocycles. The van der Waals surface area contributed by atoms with Crippen LogP contribution in [0, 0.1) is 16.7 Å². The number of aliphatic hydroxyl groups excluding tert-OH is 2. The topological polar surface area (TPSA) is 56.2 Å². The summed E-state index contributed by atoms with van der Waals surface area (Å²) in [6.45, 7) is 12.5. The Morgan fingerprint density at radius 2 is 1.78 bits per heavy atom. The highest BCUT2D eigenvalue weighted by atomic mass is 16.6. The van der Waals surface area contributed by atoms with Crippen LogP contribution in [0.2, 0.25) is 0 Å². The molecule has 0 aromatic heterocycles. The lowest BCUT2D eigenvalue weighted by molar-refractivity contribution is -0.181. The molecule has 3 rings (SSSR count). The molecule has 134 valence electrons. The Labute approximate surface area is 140 Å². The van der Waals surface area contributed by atoms with Gasteiger partial charge in [-0.25, -0.2) is 0 Å². The molecule has 23 heavy (non-hydrogen) atoms. The molecule has 0 aromatic rings. The van der Waals surface area contributed by atoms with Crippen molar-refractivity contribution in [1.29, 1.82) is 0 Å². The number of rotatable bonds is 6. The van der Waals surface area contributed by atoms with Crippen LogP contribution >= 0.6 is 0 Å². The van der Waals surface area contributed by atoms with Gasteiger partial charge in [-0.2, -0.15) is 0 Å². The molecular weight excluding hydrogens is 292 g/mol.